The zero-order valence-electron chi connectivity index (χ0n) is 11.5. The average molecular weight is 307 g/mol. The second-order valence-corrected chi connectivity index (χ2v) is 7.21. The number of nitriles is 2. The van der Waals surface area contributed by atoms with Gasteiger partial charge in [0.25, 0.3) is 0 Å². The molecule has 1 fully saturated rings. The molecule has 1 aromatic rings. The van der Waals surface area contributed by atoms with Gasteiger partial charge in [0.05, 0.1) is 11.5 Å². The number of benzene rings is 1. The van der Waals surface area contributed by atoms with Gasteiger partial charge in [0.1, 0.15) is 22.3 Å². The molecular formula is C14H14FN3O2S. The number of hydrogen-bond donors (Lipinski definition) is 0. The smallest absolute Gasteiger partial charge is 0.207 e. The van der Waals surface area contributed by atoms with Gasteiger partial charge in [0.15, 0.2) is 0 Å². The molecule has 0 saturated carbocycles. The van der Waals surface area contributed by atoms with Crippen LogP contribution >= 0.6 is 0 Å². The molecule has 1 aliphatic heterocycles. The van der Waals surface area contributed by atoms with Crippen molar-refractivity contribution in [1.29, 1.82) is 10.5 Å². The number of piperidine rings is 1. The molecule has 1 heterocycles. The van der Waals surface area contributed by atoms with Crippen molar-refractivity contribution < 1.29 is 12.8 Å². The third-order valence-electron chi connectivity index (χ3n) is 3.80. The van der Waals surface area contributed by atoms with Crippen LogP contribution in [-0.2, 0) is 10.0 Å². The van der Waals surface area contributed by atoms with Crippen molar-refractivity contribution in [1.82, 2.24) is 4.31 Å². The normalized spacial score (nSPS) is 18.7. The van der Waals surface area contributed by atoms with E-state index in [-0.39, 0.29) is 18.0 Å². The van der Waals surface area contributed by atoms with Gasteiger partial charge < -0.3 is 0 Å². The highest BCUT2D eigenvalue weighted by atomic mass is 32.2. The fourth-order valence-corrected chi connectivity index (χ4v) is 3.89. The van der Waals surface area contributed by atoms with Crippen LogP contribution in [0.1, 0.15) is 25.3 Å². The van der Waals surface area contributed by atoms with E-state index in [0.29, 0.717) is 12.8 Å². The Morgan fingerprint density at radius 3 is 2.43 bits per heavy atom. The molecule has 2 rings (SSSR count). The minimum Gasteiger partial charge on any atom is -0.207 e. The average Bonchev–Trinajstić information content (AvgIpc) is 2.47. The fraction of sp³-hybridized carbons (Fsp3) is 0.429. The summed E-state index contributed by atoms with van der Waals surface area (Å²) in [5.41, 5.74) is -1.00. The SMILES string of the molecule is CC1(C#N)CCN(S(=O)(=O)c2cccc(F)c2C#N)CC1. The third kappa shape index (κ3) is 2.76. The molecule has 0 aliphatic carbocycles. The Labute approximate surface area is 123 Å². The van der Waals surface area contributed by atoms with Crippen LogP contribution in [0.5, 0.6) is 0 Å². The van der Waals surface area contributed by atoms with Crippen molar-refractivity contribution in [2.75, 3.05) is 13.1 Å². The number of halogens is 1. The molecule has 0 bridgehead atoms. The number of nitrogens with zero attached hydrogens (tertiary/aromatic N) is 3. The van der Waals surface area contributed by atoms with Gasteiger partial charge in [-0.1, -0.05) is 6.07 Å². The van der Waals surface area contributed by atoms with Crippen molar-refractivity contribution in [3.63, 3.8) is 0 Å². The fourth-order valence-electron chi connectivity index (χ4n) is 2.30. The van der Waals surface area contributed by atoms with E-state index < -0.39 is 26.8 Å². The maximum absolute atomic E-state index is 13.6. The van der Waals surface area contributed by atoms with E-state index in [1.807, 2.05) is 0 Å². The molecule has 0 amide bonds. The maximum atomic E-state index is 13.6. The van der Waals surface area contributed by atoms with E-state index in [2.05, 4.69) is 6.07 Å². The zero-order valence-corrected chi connectivity index (χ0v) is 12.3. The molecule has 110 valence electrons. The van der Waals surface area contributed by atoms with E-state index in [1.54, 1.807) is 13.0 Å². The quantitative estimate of drug-likeness (QED) is 0.836. The Bertz CT molecular complexity index is 738. The molecule has 0 unspecified atom stereocenters. The van der Waals surface area contributed by atoms with Crippen LogP contribution in [0.2, 0.25) is 0 Å². The summed E-state index contributed by atoms with van der Waals surface area (Å²) in [4.78, 5) is -0.314. The number of rotatable bonds is 2. The molecule has 0 spiro atoms. The molecule has 1 aliphatic rings. The van der Waals surface area contributed by atoms with Crippen LogP contribution in [0.15, 0.2) is 23.1 Å². The minimum absolute atomic E-state index is 0.188. The Morgan fingerprint density at radius 2 is 1.90 bits per heavy atom. The van der Waals surface area contributed by atoms with Crippen molar-refractivity contribution in [2.45, 2.75) is 24.7 Å². The lowest BCUT2D eigenvalue weighted by atomic mass is 9.83. The second kappa shape index (κ2) is 5.44. The summed E-state index contributed by atoms with van der Waals surface area (Å²) in [7, 11) is -3.92. The Kier molecular flexibility index (Phi) is 3.99. The van der Waals surface area contributed by atoms with Gasteiger partial charge in [0, 0.05) is 13.1 Å². The first-order chi connectivity index (χ1) is 9.84. The van der Waals surface area contributed by atoms with E-state index in [4.69, 9.17) is 10.5 Å². The molecule has 0 radical (unpaired) electrons. The molecule has 0 N–H and O–H groups in total. The Morgan fingerprint density at radius 1 is 1.29 bits per heavy atom. The second-order valence-electron chi connectivity index (χ2n) is 5.30. The van der Waals surface area contributed by atoms with Gasteiger partial charge in [-0.15, -0.1) is 0 Å². The Balaban J connectivity index is 2.36. The van der Waals surface area contributed by atoms with Crippen molar-refractivity contribution >= 4 is 10.0 Å². The lowest BCUT2D eigenvalue weighted by Gasteiger charge is -2.34. The molecule has 5 nitrogen and oxygen atoms in total. The molecule has 21 heavy (non-hydrogen) atoms. The van der Waals surface area contributed by atoms with Crippen LogP contribution in [0.3, 0.4) is 0 Å². The lowest BCUT2D eigenvalue weighted by Crippen LogP contribution is -2.41. The largest absolute Gasteiger partial charge is 0.244 e. The summed E-state index contributed by atoms with van der Waals surface area (Å²) in [6.07, 6.45) is 0.833. The maximum Gasteiger partial charge on any atom is 0.244 e. The minimum atomic E-state index is -3.92. The predicted molar refractivity (Wildman–Crippen MR) is 72.8 cm³/mol. The first-order valence-electron chi connectivity index (χ1n) is 6.44. The van der Waals surface area contributed by atoms with E-state index in [9.17, 15) is 12.8 Å². The molecular weight excluding hydrogens is 293 g/mol. The van der Waals surface area contributed by atoms with Gasteiger partial charge in [-0.25, -0.2) is 12.8 Å². The van der Waals surface area contributed by atoms with Crippen LogP contribution < -0.4 is 0 Å². The van der Waals surface area contributed by atoms with Gasteiger partial charge in [0.2, 0.25) is 10.0 Å². The van der Waals surface area contributed by atoms with Crippen LogP contribution in [0.4, 0.5) is 4.39 Å². The van der Waals surface area contributed by atoms with Crippen molar-refractivity contribution in [3.05, 3.63) is 29.6 Å². The molecule has 1 aromatic carbocycles. The van der Waals surface area contributed by atoms with Crippen molar-refractivity contribution in [3.8, 4) is 12.1 Å². The van der Waals surface area contributed by atoms with Gasteiger partial charge >= 0.3 is 0 Å². The summed E-state index contributed by atoms with van der Waals surface area (Å²) in [6, 6.07) is 7.35. The van der Waals surface area contributed by atoms with Crippen LogP contribution in [-0.4, -0.2) is 25.8 Å². The summed E-state index contributed by atoms with van der Waals surface area (Å²) < 4.78 is 39.9. The number of sulfonamides is 1. The Hall–Kier alpha value is -1.96. The summed E-state index contributed by atoms with van der Waals surface area (Å²) in [5.74, 6) is -0.850. The van der Waals surface area contributed by atoms with Gasteiger partial charge in [-0.05, 0) is 31.9 Å². The summed E-state index contributed by atoms with van der Waals surface area (Å²) in [5, 5.41) is 18.0. The van der Waals surface area contributed by atoms with E-state index in [0.717, 1.165) is 6.07 Å². The highest BCUT2D eigenvalue weighted by Gasteiger charge is 2.36. The lowest BCUT2D eigenvalue weighted by molar-refractivity contribution is 0.232. The first-order valence-corrected chi connectivity index (χ1v) is 7.88. The van der Waals surface area contributed by atoms with Gasteiger partial charge in [-0.3, -0.25) is 0 Å². The summed E-state index contributed by atoms with van der Waals surface area (Å²) in [6.45, 7) is 2.17. The standard InChI is InChI=1S/C14H14FN3O2S/c1-14(10-17)5-7-18(8-6-14)21(19,20)13-4-2-3-12(15)11(13)9-16/h2-4H,5-8H2,1H3. The molecule has 0 aromatic heterocycles. The molecule has 1 saturated heterocycles. The monoisotopic (exact) mass is 307 g/mol. The third-order valence-corrected chi connectivity index (χ3v) is 5.74. The predicted octanol–water partition coefficient (Wildman–Crippen LogP) is 2.01. The van der Waals surface area contributed by atoms with E-state index in [1.165, 1.54) is 16.4 Å². The highest BCUT2D eigenvalue weighted by Crippen LogP contribution is 2.33. The van der Waals surface area contributed by atoms with Crippen LogP contribution in [0.25, 0.3) is 0 Å². The number of hydrogen-bond acceptors (Lipinski definition) is 4. The van der Waals surface area contributed by atoms with Crippen LogP contribution in [0, 0.1) is 33.9 Å². The molecule has 0 atom stereocenters. The summed E-state index contributed by atoms with van der Waals surface area (Å²) >= 11 is 0. The highest BCUT2D eigenvalue weighted by molar-refractivity contribution is 7.89. The molecule has 7 heteroatoms. The van der Waals surface area contributed by atoms with Gasteiger partial charge in [-0.2, -0.15) is 14.8 Å². The van der Waals surface area contributed by atoms with E-state index >= 15 is 0 Å². The topological polar surface area (TPSA) is 85.0 Å². The first kappa shape index (κ1) is 15.4. The zero-order chi connectivity index (χ0) is 15.7. The van der Waals surface area contributed by atoms with Crippen molar-refractivity contribution in [2.24, 2.45) is 5.41 Å².